The first-order valence-electron chi connectivity index (χ1n) is 12.3. The zero-order chi connectivity index (χ0) is 26.8. The van der Waals surface area contributed by atoms with E-state index in [9.17, 15) is 29.7 Å². The van der Waals surface area contributed by atoms with Crippen LogP contribution >= 0.6 is 0 Å². The Bertz CT molecular complexity index is 847. The largest absolute Gasteiger partial charge is 0.489 e. The third-order valence-electron chi connectivity index (χ3n) is 6.51. The van der Waals surface area contributed by atoms with Gasteiger partial charge < -0.3 is 39.4 Å². The van der Waals surface area contributed by atoms with Crippen LogP contribution in [0.15, 0.2) is 22.7 Å². The Labute approximate surface area is 210 Å². The number of aliphatic hydroxyl groups excluding tert-OH is 3. The van der Waals surface area contributed by atoms with E-state index in [1.165, 1.54) is 14.2 Å². The van der Waals surface area contributed by atoms with Gasteiger partial charge in [0.15, 0.2) is 12.4 Å². The number of carboxylic acid groups (broad SMARTS) is 1. The van der Waals surface area contributed by atoms with Crippen LogP contribution in [0, 0.1) is 0 Å². The molecule has 0 aromatic rings. The molecule has 0 amide bonds. The number of carboxylic acids is 1. The summed E-state index contributed by atoms with van der Waals surface area (Å²) in [5, 5.41) is 38.4. The predicted octanol–water partition coefficient (Wildman–Crippen LogP) is 1.38. The van der Waals surface area contributed by atoms with Gasteiger partial charge in [-0.05, 0) is 26.2 Å². The maximum absolute atomic E-state index is 12.6. The molecule has 1 aliphatic heterocycles. The second-order valence-electron chi connectivity index (χ2n) is 9.01. The van der Waals surface area contributed by atoms with Crippen molar-refractivity contribution in [2.24, 2.45) is 0 Å². The molecular weight excluding hydrogens is 476 g/mol. The Morgan fingerprint density at radius 1 is 0.806 bits per heavy atom. The van der Waals surface area contributed by atoms with Gasteiger partial charge in [-0.15, -0.1) is 0 Å². The van der Waals surface area contributed by atoms with Gasteiger partial charge >= 0.3 is 5.97 Å². The minimum absolute atomic E-state index is 0.0351. The number of hydrogen-bond acceptors (Lipinski definition) is 10. The molecule has 1 fully saturated rings. The minimum Gasteiger partial charge on any atom is -0.489 e. The van der Waals surface area contributed by atoms with Crippen molar-refractivity contribution in [3.63, 3.8) is 0 Å². The summed E-state index contributed by atoms with van der Waals surface area (Å²) >= 11 is 0. The first-order valence-corrected chi connectivity index (χ1v) is 12.3. The van der Waals surface area contributed by atoms with Gasteiger partial charge in [0.1, 0.15) is 18.3 Å². The third-order valence-corrected chi connectivity index (χ3v) is 6.51. The van der Waals surface area contributed by atoms with Gasteiger partial charge in [-0.25, -0.2) is 4.79 Å². The van der Waals surface area contributed by atoms with Crippen LogP contribution < -0.4 is 0 Å². The van der Waals surface area contributed by atoms with Crippen molar-refractivity contribution in [2.45, 2.75) is 95.4 Å². The van der Waals surface area contributed by atoms with Crippen LogP contribution in [0.25, 0.3) is 0 Å². The summed E-state index contributed by atoms with van der Waals surface area (Å²) in [5.41, 5.74) is 0.900. The van der Waals surface area contributed by atoms with Crippen LogP contribution in [0.5, 0.6) is 0 Å². The lowest BCUT2D eigenvalue weighted by Crippen LogP contribution is -2.60. The monoisotopic (exact) mass is 514 g/mol. The number of rotatable bonds is 15. The van der Waals surface area contributed by atoms with E-state index < -0.39 is 36.7 Å². The number of carbonyl (C=O) groups excluding carboxylic acids is 2. The van der Waals surface area contributed by atoms with Crippen molar-refractivity contribution in [3.05, 3.63) is 22.7 Å². The topological polar surface area (TPSA) is 169 Å². The second kappa shape index (κ2) is 14.4. The molecule has 11 heteroatoms. The normalized spacial score (nSPS) is 27.0. The molecule has 2 rings (SSSR count). The standard InChI is InChI=1S/C25H38O11/c1-14-15(17(27)22(34-3)21(33-2)16(14)26)12-10-8-6-4-5-7-9-11-13-35-25-20(30)18(28)19(29)23(36-25)24(31)32/h18-20,23,25,28-30H,4-13H2,1-3H3,(H,31,32). The lowest BCUT2D eigenvalue weighted by Gasteiger charge is -2.38. The summed E-state index contributed by atoms with van der Waals surface area (Å²) in [6.07, 6.45) is -0.112. The first-order chi connectivity index (χ1) is 17.1. The van der Waals surface area contributed by atoms with E-state index in [4.69, 9.17) is 24.1 Å². The molecule has 0 saturated carbocycles. The fourth-order valence-electron chi connectivity index (χ4n) is 4.35. The molecular formula is C25H38O11. The number of hydrogen-bond donors (Lipinski definition) is 4. The molecule has 1 heterocycles. The summed E-state index contributed by atoms with van der Waals surface area (Å²) in [5.74, 6) is -2.12. The van der Waals surface area contributed by atoms with Gasteiger partial charge in [0.2, 0.25) is 23.1 Å². The molecule has 11 nitrogen and oxygen atoms in total. The number of allylic oxidation sites excluding steroid dienone is 2. The Balaban J connectivity index is 1.57. The zero-order valence-electron chi connectivity index (χ0n) is 21.1. The Morgan fingerprint density at radius 2 is 1.33 bits per heavy atom. The van der Waals surface area contributed by atoms with Gasteiger partial charge in [0.25, 0.3) is 0 Å². The maximum atomic E-state index is 12.6. The molecule has 0 spiro atoms. The first kappa shape index (κ1) is 29.9. The summed E-state index contributed by atoms with van der Waals surface area (Å²) in [7, 11) is 2.69. The number of carbonyl (C=O) groups is 3. The van der Waals surface area contributed by atoms with Gasteiger partial charge in [-0.1, -0.05) is 38.5 Å². The van der Waals surface area contributed by atoms with E-state index in [1.54, 1.807) is 6.92 Å². The molecule has 4 N–H and O–H groups in total. The average Bonchev–Trinajstić information content (AvgIpc) is 2.85. The third kappa shape index (κ3) is 7.36. The van der Waals surface area contributed by atoms with E-state index in [0.29, 0.717) is 24.0 Å². The van der Waals surface area contributed by atoms with Gasteiger partial charge in [-0.2, -0.15) is 0 Å². The van der Waals surface area contributed by atoms with E-state index in [2.05, 4.69) is 0 Å². The molecule has 2 aliphatic rings. The molecule has 1 aliphatic carbocycles. The quantitative estimate of drug-likeness (QED) is 0.184. The number of Topliss-reactive ketones (excluding diaryl/α,β-unsaturated/α-hetero) is 2. The van der Waals surface area contributed by atoms with Gasteiger partial charge in [0, 0.05) is 17.8 Å². The molecule has 36 heavy (non-hydrogen) atoms. The average molecular weight is 515 g/mol. The SMILES string of the molecule is COC1=C(OC)C(=O)C(CCCCCCCCCCOC2OC(C(=O)O)C(O)C(O)C2O)=C(C)C1=O. The Morgan fingerprint density at radius 3 is 1.89 bits per heavy atom. The molecule has 1 saturated heterocycles. The zero-order valence-corrected chi connectivity index (χ0v) is 21.1. The Hall–Kier alpha value is -2.31. The van der Waals surface area contributed by atoms with E-state index in [-0.39, 0.29) is 29.7 Å². The minimum atomic E-state index is -1.73. The van der Waals surface area contributed by atoms with Crippen molar-refractivity contribution in [2.75, 3.05) is 20.8 Å². The predicted molar refractivity (Wildman–Crippen MR) is 126 cm³/mol. The van der Waals surface area contributed by atoms with E-state index in [1.807, 2.05) is 0 Å². The van der Waals surface area contributed by atoms with Crippen LogP contribution in [-0.2, 0) is 33.3 Å². The highest BCUT2D eigenvalue weighted by Gasteiger charge is 2.47. The molecule has 0 aromatic heterocycles. The van der Waals surface area contributed by atoms with Crippen LogP contribution in [0.4, 0.5) is 0 Å². The van der Waals surface area contributed by atoms with Crippen molar-refractivity contribution in [1.82, 2.24) is 0 Å². The lowest BCUT2D eigenvalue weighted by atomic mass is 9.89. The number of aliphatic carboxylic acids is 1. The molecule has 0 radical (unpaired) electrons. The summed E-state index contributed by atoms with van der Waals surface area (Å²) in [6.45, 7) is 1.86. The molecule has 0 aromatic carbocycles. The number of ether oxygens (including phenoxy) is 4. The van der Waals surface area contributed by atoms with E-state index >= 15 is 0 Å². The fourth-order valence-corrected chi connectivity index (χ4v) is 4.35. The van der Waals surface area contributed by atoms with Crippen LogP contribution in [0.2, 0.25) is 0 Å². The summed E-state index contributed by atoms with van der Waals surface area (Å²) in [6, 6.07) is 0. The smallest absolute Gasteiger partial charge is 0.335 e. The number of ketones is 2. The van der Waals surface area contributed by atoms with Crippen LogP contribution in [0.3, 0.4) is 0 Å². The van der Waals surface area contributed by atoms with Crippen molar-refractivity contribution < 1.29 is 53.8 Å². The van der Waals surface area contributed by atoms with Crippen molar-refractivity contribution in [3.8, 4) is 0 Å². The molecule has 5 unspecified atom stereocenters. The lowest BCUT2D eigenvalue weighted by molar-refractivity contribution is -0.294. The highest BCUT2D eigenvalue weighted by atomic mass is 16.7. The highest BCUT2D eigenvalue weighted by Crippen LogP contribution is 2.29. The summed E-state index contributed by atoms with van der Waals surface area (Å²) < 4.78 is 20.6. The van der Waals surface area contributed by atoms with Gasteiger partial charge in [-0.3, -0.25) is 9.59 Å². The van der Waals surface area contributed by atoms with Crippen LogP contribution in [-0.4, -0.2) is 89.5 Å². The van der Waals surface area contributed by atoms with Gasteiger partial charge in [0.05, 0.1) is 14.2 Å². The van der Waals surface area contributed by atoms with E-state index in [0.717, 1.165) is 44.9 Å². The highest BCUT2D eigenvalue weighted by molar-refractivity contribution is 6.23. The Kier molecular flexibility index (Phi) is 12.0. The fraction of sp³-hybridized carbons (Fsp3) is 0.720. The molecule has 204 valence electrons. The van der Waals surface area contributed by atoms with Crippen molar-refractivity contribution >= 4 is 17.5 Å². The molecule has 5 atom stereocenters. The number of methoxy groups -OCH3 is 2. The van der Waals surface area contributed by atoms with Crippen molar-refractivity contribution in [1.29, 1.82) is 0 Å². The number of unbranched alkanes of at least 4 members (excludes halogenated alkanes) is 7. The van der Waals surface area contributed by atoms with Crippen LogP contribution in [0.1, 0.15) is 64.7 Å². The maximum Gasteiger partial charge on any atom is 0.335 e. The summed E-state index contributed by atoms with van der Waals surface area (Å²) in [4.78, 5) is 36.1. The second-order valence-corrected chi connectivity index (χ2v) is 9.01. The molecule has 0 bridgehead atoms. The number of aliphatic hydroxyl groups is 3.